The van der Waals surface area contributed by atoms with Crippen molar-refractivity contribution in [1.29, 1.82) is 0 Å². The summed E-state index contributed by atoms with van der Waals surface area (Å²) in [6, 6.07) is 0. The molecule has 104 valence electrons. The second-order valence-corrected chi connectivity index (χ2v) is 5.36. The van der Waals surface area contributed by atoms with Gasteiger partial charge in [0.1, 0.15) is 0 Å². The third-order valence-corrected chi connectivity index (χ3v) is 4.58. The van der Waals surface area contributed by atoms with Crippen LogP contribution in [0.1, 0.15) is 17.9 Å². The first kappa shape index (κ1) is 16.7. The van der Waals surface area contributed by atoms with Gasteiger partial charge in [0.15, 0.2) is 0 Å². The van der Waals surface area contributed by atoms with Crippen LogP contribution >= 0.6 is 58.0 Å². The van der Waals surface area contributed by atoms with E-state index in [9.17, 15) is 9.59 Å². The van der Waals surface area contributed by atoms with Crippen LogP contribution in [0.25, 0.3) is 0 Å². The molecule has 1 rings (SSSR count). The second kappa shape index (κ2) is 6.37. The van der Waals surface area contributed by atoms with Gasteiger partial charge in [-0.2, -0.15) is 0 Å². The summed E-state index contributed by atoms with van der Waals surface area (Å²) in [5.74, 6) is -4.23. The number of benzene rings is 1. The Morgan fingerprint density at radius 2 is 1.21 bits per heavy atom. The largest absolute Gasteiger partial charge is 0.481 e. The molecule has 0 saturated carbocycles. The predicted octanol–water partition coefficient (Wildman–Crippen LogP) is 4.60. The number of rotatable bonds is 4. The maximum absolute atomic E-state index is 11.1. The molecule has 0 fully saturated rings. The fourth-order valence-corrected chi connectivity index (χ4v) is 2.83. The molecule has 1 unspecified atom stereocenters. The molecule has 0 spiro atoms. The van der Waals surface area contributed by atoms with Gasteiger partial charge in [0, 0.05) is 5.56 Å². The van der Waals surface area contributed by atoms with Crippen LogP contribution in [-0.2, 0) is 9.59 Å². The summed E-state index contributed by atoms with van der Waals surface area (Å²) in [6.45, 7) is 0. The highest BCUT2D eigenvalue weighted by atomic mass is 35.5. The van der Waals surface area contributed by atoms with Crippen LogP contribution in [0.5, 0.6) is 0 Å². The third-order valence-electron chi connectivity index (χ3n) is 2.27. The molecule has 0 aromatic heterocycles. The zero-order valence-corrected chi connectivity index (χ0v) is 12.7. The molecular weight excluding hydrogens is 361 g/mol. The van der Waals surface area contributed by atoms with Gasteiger partial charge in [0.05, 0.1) is 37.5 Å². The summed E-state index contributed by atoms with van der Waals surface area (Å²) in [6.07, 6.45) is -0.719. The zero-order valence-electron chi connectivity index (χ0n) is 8.89. The lowest BCUT2D eigenvalue weighted by Gasteiger charge is -2.17. The van der Waals surface area contributed by atoms with Crippen LogP contribution in [0.4, 0.5) is 0 Å². The van der Waals surface area contributed by atoms with Crippen LogP contribution in [0.15, 0.2) is 0 Å². The fourth-order valence-electron chi connectivity index (χ4n) is 1.42. The van der Waals surface area contributed by atoms with Crippen molar-refractivity contribution in [1.82, 2.24) is 0 Å². The molecule has 0 amide bonds. The molecule has 1 aromatic rings. The molecule has 4 nitrogen and oxygen atoms in total. The van der Waals surface area contributed by atoms with E-state index in [-0.39, 0.29) is 30.7 Å². The van der Waals surface area contributed by atoms with E-state index in [0.717, 1.165) is 0 Å². The number of aliphatic carboxylic acids is 2. The molecule has 1 aromatic carbocycles. The maximum Gasteiger partial charge on any atom is 0.311 e. The van der Waals surface area contributed by atoms with Gasteiger partial charge < -0.3 is 10.2 Å². The van der Waals surface area contributed by atoms with Gasteiger partial charge in [-0.25, -0.2) is 0 Å². The van der Waals surface area contributed by atoms with Crippen molar-refractivity contribution in [3.63, 3.8) is 0 Å². The Labute approximate surface area is 132 Å². The van der Waals surface area contributed by atoms with Gasteiger partial charge in [-0.1, -0.05) is 58.0 Å². The molecule has 0 saturated heterocycles. The average molecular weight is 366 g/mol. The molecule has 0 bridgehead atoms. The van der Waals surface area contributed by atoms with Gasteiger partial charge in [0.25, 0.3) is 0 Å². The lowest BCUT2D eigenvalue weighted by molar-refractivity contribution is -0.145. The smallest absolute Gasteiger partial charge is 0.311 e. The first-order valence-corrected chi connectivity index (χ1v) is 6.53. The number of carbonyl (C=O) groups is 2. The van der Waals surface area contributed by atoms with Crippen molar-refractivity contribution in [2.45, 2.75) is 12.3 Å². The Balaban J connectivity index is 3.55. The minimum absolute atomic E-state index is 0.124. The minimum Gasteiger partial charge on any atom is -0.481 e. The van der Waals surface area contributed by atoms with Gasteiger partial charge in [-0.05, 0) is 0 Å². The topological polar surface area (TPSA) is 74.6 Å². The Bertz CT molecular complexity index is 528. The number of carboxylic acids is 2. The van der Waals surface area contributed by atoms with Gasteiger partial charge in [-0.3, -0.25) is 9.59 Å². The highest BCUT2D eigenvalue weighted by molar-refractivity contribution is 6.55. The van der Waals surface area contributed by atoms with E-state index in [1.165, 1.54) is 0 Å². The van der Waals surface area contributed by atoms with Crippen molar-refractivity contribution in [3.05, 3.63) is 30.7 Å². The number of halogens is 5. The van der Waals surface area contributed by atoms with Crippen LogP contribution in [0.3, 0.4) is 0 Å². The molecule has 0 radical (unpaired) electrons. The SMILES string of the molecule is O=C(O)CC(C(=O)O)c1c(Cl)c(Cl)c(Cl)c(Cl)c1Cl. The van der Waals surface area contributed by atoms with Crippen molar-refractivity contribution in [2.75, 3.05) is 0 Å². The summed E-state index contributed by atoms with van der Waals surface area (Å²) in [5, 5.41) is 16.9. The van der Waals surface area contributed by atoms with E-state index in [4.69, 9.17) is 68.2 Å². The molecule has 0 aliphatic rings. The van der Waals surface area contributed by atoms with Crippen LogP contribution in [0, 0.1) is 0 Å². The summed E-state index contributed by atoms with van der Waals surface area (Å²) < 4.78 is 0. The number of carboxylic acid groups (broad SMARTS) is 2. The Morgan fingerprint density at radius 1 is 0.842 bits per heavy atom. The monoisotopic (exact) mass is 364 g/mol. The molecule has 0 aliphatic heterocycles. The van der Waals surface area contributed by atoms with E-state index in [0.29, 0.717) is 0 Å². The lowest BCUT2D eigenvalue weighted by Crippen LogP contribution is -2.17. The van der Waals surface area contributed by atoms with Crippen molar-refractivity contribution < 1.29 is 19.8 Å². The lowest BCUT2D eigenvalue weighted by atomic mass is 9.95. The van der Waals surface area contributed by atoms with E-state index in [1.54, 1.807) is 0 Å². The normalized spacial score (nSPS) is 12.3. The quantitative estimate of drug-likeness (QED) is 0.603. The first-order valence-electron chi connectivity index (χ1n) is 4.64. The molecular formula is C10H5Cl5O4. The van der Waals surface area contributed by atoms with E-state index >= 15 is 0 Å². The predicted molar refractivity (Wildman–Crippen MR) is 74.1 cm³/mol. The molecule has 19 heavy (non-hydrogen) atoms. The highest BCUT2D eigenvalue weighted by Gasteiger charge is 2.31. The summed E-state index contributed by atoms with van der Waals surface area (Å²) >= 11 is 29.1. The van der Waals surface area contributed by atoms with E-state index < -0.39 is 24.3 Å². The fraction of sp³-hybridized carbons (Fsp3) is 0.200. The van der Waals surface area contributed by atoms with Gasteiger partial charge in [0.2, 0.25) is 0 Å². The highest BCUT2D eigenvalue weighted by Crippen LogP contribution is 2.47. The van der Waals surface area contributed by atoms with Crippen molar-refractivity contribution in [2.24, 2.45) is 0 Å². The average Bonchev–Trinajstić information content (AvgIpc) is 2.32. The molecule has 9 heteroatoms. The van der Waals surface area contributed by atoms with Crippen molar-refractivity contribution >= 4 is 69.9 Å². The molecule has 1 atom stereocenters. The molecule has 0 aliphatic carbocycles. The Kier molecular flexibility index (Phi) is 5.59. The van der Waals surface area contributed by atoms with Crippen LogP contribution in [-0.4, -0.2) is 22.2 Å². The van der Waals surface area contributed by atoms with Crippen LogP contribution < -0.4 is 0 Å². The Hall–Kier alpha value is -0.390. The third kappa shape index (κ3) is 3.38. The summed E-state index contributed by atoms with van der Waals surface area (Å²) in [7, 11) is 0. The van der Waals surface area contributed by atoms with Gasteiger partial charge >= 0.3 is 11.9 Å². The molecule has 2 N–H and O–H groups in total. The van der Waals surface area contributed by atoms with E-state index in [1.807, 2.05) is 0 Å². The zero-order chi connectivity index (χ0) is 14.9. The standard InChI is InChI=1S/C10H5Cl5O4/c11-5-4(2(10(18)19)1-3(16)17)6(12)8(14)9(15)7(5)13/h2H,1H2,(H,16,17)(H,18,19). The number of hydrogen-bond donors (Lipinski definition) is 2. The summed E-state index contributed by atoms with van der Waals surface area (Å²) in [5.41, 5.74) is -0.169. The van der Waals surface area contributed by atoms with Crippen molar-refractivity contribution in [3.8, 4) is 0 Å². The molecule has 0 heterocycles. The second-order valence-electron chi connectivity index (χ2n) is 3.47. The van der Waals surface area contributed by atoms with Crippen LogP contribution in [0.2, 0.25) is 25.1 Å². The van der Waals surface area contributed by atoms with E-state index in [2.05, 4.69) is 0 Å². The Morgan fingerprint density at radius 3 is 1.53 bits per heavy atom. The summed E-state index contributed by atoms with van der Waals surface area (Å²) in [4.78, 5) is 21.9. The first-order chi connectivity index (χ1) is 8.68. The minimum atomic E-state index is -1.48. The number of hydrogen-bond acceptors (Lipinski definition) is 2. The van der Waals surface area contributed by atoms with Gasteiger partial charge in [-0.15, -0.1) is 0 Å². The maximum atomic E-state index is 11.1.